The number of para-hydroxylation sites is 1. The zero-order valence-electron chi connectivity index (χ0n) is 25.4. The Morgan fingerprint density at radius 1 is 0.956 bits per heavy atom. The van der Waals surface area contributed by atoms with Crippen LogP contribution < -0.4 is 4.74 Å². The number of halogens is 2. The molecule has 1 amide bonds. The minimum atomic E-state index is -0.837. The molecule has 3 aromatic rings. The van der Waals surface area contributed by atoms with Crippen LogP contribution in [0.2, 0.25) is 10.0 Å². The third kappa shape index (κ3) is 7.98. The van der Waals surface area contributed by atoms with Gasteiger partial charge in [-0.3, -0.25) is 19.5 Å². The normalized spacial score (nSPS) is 17.7. The van der Waals surface area contributed by atoms with Gasteiger partial charge in [0.25, 0.3) is 0 Å². The molecule has 1 aromatic heterocycles. The van der Waals surface area contributed by atoms with E-state index in [1.807, 2.05) is 58.6 Å². The van der Waals surface area contributed by atoms with Crippen molar-refractivity contribution in [2.24, 2.45) is 0 Å². The lowest BCUT2D eigenvalue weighted by atomic mass is 9.96. The second-order valence-corrected chi connectivity index (χ2v) is 13.1. The number of piperazine rings is 1. The number of amides is 1. The Morgan fingerprint density at radius 2 is 1.69 bits per heavy atom. The van der Waals surface area contributed by atoms with Gasteiger partial charge in [-0.1, -0.05) is 41.4 Å². The summed E-state index contributed by atoms with van der Waals surface area (Å²) >= 11 is 13.4. The van der Waals surface area contributed by atoms with Crippen LogP contribution in [0, 0.1) is 0 Å². The van der Waals surface area contributed by atoms with Gasteiger partial charge in [-0.05, 0) is 85.9 Å². The van der Waals surface area contributed by atoms with Crippen LogP contribution in [-0.4, -0.2) is 70.6 Å². The SMILES string of the molecule is O=C(O)CN1CCN(C(=O)CCCCc2cc(Cl)c(COC3(c4cnccc4-c4ccccc4OC4CC4)CC3)cc2Cl)CC1. The van der Waals surface area contributed by atoms with Gasteiger partial charge in [0.15, 0.2) is 0 Å². The van der Waals surface area contributed by atoms with E-state index in [2.05, 4.69) is 11.1 Å². The maximum Gasteiger partial charge on any atom is 0.317 e. The summed E-state index contributed by atoms with van der Waals surface area (Å²) in [4.78, 5) is 31.7. The average Bonchev–Trinajstić information content (AvgIpc) is 3.98. The zero-order valence-corrected chi connectivity index (χ0v) is 26.9. The van der Waals surface area contributed by atoms with Gasteiger partial charge in [0.2, 0.25) is 5.91 Å². The Kier molecular flexibility index (Phi) is 9.95. The topological polar surface area (TPSA) is 92.2 Å². The first kappa shape index (κ1) is 31.8. The molecular weight excluding hydrogens is 613 g/mol. The summed E-state index contributed by atoms with van der Waals surface area (Å²) in [6, 6.07) is 14.1. The number of carbonyl (C=O) groups excluding carboxylic acids is 1. The summed E-state index contributed by atoms with van der Waals surface area (Å²) in [5.41, 5.74) is 4.58. The predicted molar refractivity (Wildman–Crippen MR) is 174 cm³/mol. The number of nitrogens with zero attached hydrogens (tertiary/aromatic N) is 3. The Hall–Kier alpha value is -3.17. The molecule has 238 valence electrons. The van der Waals surface area contributed by atoms with Crippen LogP contribution in [0.15, 0.2) is 54.9 Å². The number of pyridine rings is 1. The van der Waals surface area contributed by atoms with Gasteiger partial charge in [0, 0.05) is 66.2 Å². The molecule has 0 radical (unpaired) electrons. The van der Waals surface area contributed by atoms with E-state index in [0.717, 1.165) is 78.5 Å². The number of benzene rings is 2. The van der Waals surface area contributed by atoms with Crippen molar-refractivity contribution >= 4 is 35.1 Å². The maximum atomic E-state index is 12.6. The fraction of sp³-hybridized carbons (Fsp3) is 0.457. The minimum absolute atomic E-state index is 0.0216. The largest absolute Gasteiger partial charge is 0.490 e. The number of aryl methyl sites for hydroxylation is 1. The predicted octanol–water partition coefficient (Wildman–Crippen LogP) is 6.74. The van der Waals surface area contributed by atoms with Crippen LogP contribution >= 0.6 is 23.2 Å². The van der Waals surface area contributed by atoms with Crippen LogP contribution in [0.4, 0.5) is 0 Å². The molecule has 45 heavy (non-hydrogen) atoms. The Bertz CT molecular complexity index is 1530. The molecular formula is C35H39Cl2N3O5. The number of hydrogen-bond donors (Lipinski definition) is 1. The summed E-state index contributed by atoms with van der Waals surface area (Å²) < 4.78 is 12.8. The van der Waals surface area contributed by atoms with Crippen molar-refractivity contribution in [3.8, 4) is 16.9 Å². The standard InChI is InChI=1S/C35H39Cl2N3O5/c36-30-20-25(31(37)19-24(30)5-1-4-8-33(41)40-17-15-39(16-18-40)22-34(42)43)23-44-35(12-13-35)29-21-38-14-11-27(29)28-6-2-3-7-32(28)45-26-9-10-26/h2-3,6-7,11,14,19-21,26H,1,4-5,8-10,12-13,15-18,22-23H2,(H,42,43). The summed E-state index contributed by atoms with van der Waals surface area (Å²) in [6.45, 7) is 2.69. The molecule has 6 rings (SSSR count). The van der Waals surface area contributed by atoms with Crippen molar-refractivity contribution in [2.75, 3.05) is 32.7 Å². The fourth-order valence-electron chi connectivity index (χ4n) is 6.00. The molecule has 2 heterocycles. The van der Waals surface area contributed by atoms with E-state index in [0.29, 0.717) is 55.4 Å². The second-order valence-electron chi connectivity index (χ2n) is 12.3. The first-order valence-electron chi connectivity index (χ1n) is 15.8. The quantitative estimate of drug-likeness (QED) is 0.193. The van der Waals surface area contributed by atoms with E-state index in [9.17, 15) is 9.59 Å². The Labute approximate surface area is 274 Å². The third-order valence-electron chi connectivity index (χ3n) is 8.90. The summed E-state index contributed by atoms with van der Waals surface area (Å²) in [5.74, 6) is 0.177. The first-order chi connectivity index (χ1) is 21.8. The monoisotopic (exact) mass is 651 g/mol. The molecule has 8 nitrogen and oxygen atoms in total. The van der Waals surface area contributed by atoms with E-state index in [-0.39, 0.29) is 12.5 Å². The fourth-order valence-corrected chi connectivity index (χ4v) is 6.52. The highest BCUT2D eigenvalue weighted by Crippen LogP contribution is 2.53. The number of aromatic nitrogens is 1. The molecule has 0 spiro atoms. The molecule has 1 N–H and O–H groups in total. The minimum Gasteiger partial charge on any atom is -0.490 e. The van der Waals surface area contributed by atoms with Gasteiger partial charge in [0.1, 0.15) is 5.75 Å². The van der Waals surface area contributed by atoms with Crippen LogP contribution in [0.1, 0.15) is 61.6 Å². The van der Waals surface area contributed by atoms with Gasteiger partial charge >= 0.3 is 5.97 Å². The lowest BCUT2D eigenvalue weighted by molar-refractivity contribution is -0.139. The lowest BCUT2D eigenvalue weighted by Crippen LogP contribution is -2.49. The molecule has 10 heteroatoms. The van der Waals surface area contributed by atoms with Gasteiger partial charge in [0.05, 0.1) is 24.9 Å². The van der Waals surface area contributed by atoms with Gasteiger partial charge in [-0.15, -0.1) is 0 Å². The van der Waals surface area contributed by atoms with Crippen LogP contribution in [0.5, 0.6) is 5.75 Å². The third-order valence-corrected chi connectivity index (χ3v) is 9.61. The van der Waals surface area contributed by atoms with Crippen molar-refractivity contribution in [2.45, 2.75) is 69.7 Å². The number of rotatable bonds is 14. The van der Waals surface area contributed by atoms with Crippen LogP contribution in [0.25, 0.3) is 11.1 Å². The van der Waals surface area contributed by atoms with Crippen LogP contribution in [0.3, 0.4) is 0 Å². The van der Waals surface area contributed by atoms with Crippen molar-refractivity contribution in [3.63, 3.8) is 0 Å². The van der Waals surface area contributed by atoms with Gasteiger partial charge in [-0.2, -0.15) is 0 Å². The van der Waals surface area contributed by atoms with Crippen molar-refractivity contribution < 1.29 is 24.2 Å². The summed E-state index contributed by atoms with van der Waals surface area (Å²) in [7, 11) is 0. The highest BCUT2D eigenvalue weighted by Gasteiger charge is 2.48. The van der Waals surface area contributed by atoms with Crippen molar-refractivity contribution in [3.05, 3.63) is 81.6 Å². The van der Waals surface area contributed by atoms with Crippen LogP contribution in [-0.2, 0) is 33.0 Å². The number of ether oxygens (including phenoxy) is 2. The molecule has 0 unspecified atom stereocenters. The molecule has 0 bridgehead atoms. The number of carbonyl (C=O) groups is 2. The molecule has 2 saturated carbocycles. The smallest absolute Gasteiger partial charge is 0.317 e. The molecule has 2 aromatic carbocycles. The van der Waals surface area contributed by atoms with Gasteiger partial charge < -0.3 is 19.5 Å². The Morgan fingerprint density at radius 3 is 2.42 bits per heavy atom. The summed E-state index contributed by atoms with van der Waals surface area (Å²) in [5, 5.41) is 10.2. The van der Waals surface area contributed by atoms with E-state index in [4.69, 9.17) is 37.8 Å². The number of hydrogen-bond acceptors (Lipinski definition) is 6. The maximum absolute atomic E-state index is 12.6. The summed E-state index contributed by atoms with van der Waals surface area (Å²) in [6.07, 6.45) is 10.8. The molecule has 2 aliphatic carbocycles. The number of unbranched alkanes of at least 4 members (excludes halogenated alkanes) is 1. The van der Waals surface area contributed by atoms with Crippen molar-refractivity contribution in [1.82, 2.24) is 14.8 Å². The molecule has 3 fully saturated rings. The average molecular weight is 653 g/mol. The molecule has 0 atom stereocenters. The molecule has 3 aliphatic rings. The zero-order chi connectivity index (χ0) is 31.4. The second kappa shape index (κ2) is 14.1. The van der Waals surface area contributed by atoms with E-state index in [1.54, 1.807) is 0 Å². The van der Waals surface area contributed by atoms with E-state index in [1.165, 1.54) is 0 Å². The molecule has 1 saturated heterocycles. The van der Waals surface area contributed by atoms with Gasteiger partial charge in [-0.25, -0.2) is 0 Å². The highest BCUT2D eigenvalue weighted by atomic mass is 35.5. The first-order valence-corrected chi connectivity index (χ1v) is 16.6. The van der Waals surface area contributed by atoms with E-state index >= 15 is 0 Å². The number of aliphatic carboxylic acids is 1. The highest BCUT2D eigenvalue weighted by molar-refractivity contribution is 6.34. The van der Waals surface area contributed by atoms with E-state index < -0.39 is 11.6 Å². The molecule has 1 aliphatic heterocycles. The number of carboxylic acids is 1. The Balaban J connectivity index is 1.03. The lowest BCUT2D eigenvalue weighted by Gasteiger charge is -2.33. The number of carboxylic acid groups (broad SMARTS) is 1. The van der Waals surface area contributed by atoms with Crippen molar-refractivity contribution in [1.29, 1.82) is 0 Å².